The van der Waals surface area contributed by atoms with Crippen LogP contribution in [0.3, 0.4) is 0 Å². The van der Waals surface area contributed by atoms with E-state index < -0.39 is 10.0 Å². The number of amides is 1. The van der Waals surface area contributed by atoms with Crippen LogP contribution in [-0.2, 0) is 14.8 Å². The molecule has 0 spiro atoms. The Labute approximate surface area is 173 Å². The summed E-state index contributed by atoms with van der Waals surface area (Å²) in [6.45, 7) is 2.39. The lowest BCUT2D eigenvalue weighted by atomic mass is 10.1. The molecule has 0 aromatic heterocycles. The fourth-order valence-corrected chi connectivity index (χ4v) is 4.81. The monoisotopic (exact) mass is 466 g/mol. The van der Waals surface area contributed by atoms with Gasteiger partial charge in [-0.2, -0.15) is 0 Å². The van der Waals surface area contributed by atoms with Gasteiger partial charge in [-0.05, 0) is 72.1 Å². The Bertz CT molecular complexity index is 956. The van der Waals surface area contributed by atoms with Crippen molar-refractivity contribution in [1.82, 2.24) is 0 Å². The van der Waals surface area contributed by atoms with Crippen LogP contribution in [0.4, 0.5) is 11.4 Å². The quantitative estimate of drug-likeness (QED) is 0.614. The third-order valence-electron chi connectivity index (χ3n) is 4.62. The number of sulfonamides is 1. The molecule has 8 heteroatoms. The highest BCUT2D eigenvalue weighted by Gasteiger charge is 2.23. The molecule has 2 aromatic rings. The predicted molar refractivity (Wildman–Crippen MR) is 113 cm³/mol. The normalized spacial score (nSPS) is 14.6. The maximum atomic E-state index is 12.7. The number of carbonyl (C=O) groups is 1. The topological polar surface area (TPSA) is 84.5 Å². The molecule has 1 amide bonds. The Kier molecular flexibility index (Phi) is 6.61. The summed E-state index contributed by atoms with van der Waals surface area (Å²) in [7, 11) is -3.80. The van der Waals surface area contributed by atoms with Gasteiger partial charge >= 0.3 is 0 Å². The number of rotatable bonds is 7. The van der Waals surface area contributed by atoms with Crippen molar-refractivity contribution in [3.8, 4) is 5.75 Å². The first-order valence-corrected chi connectivity index (χ1v) is 11.5. The number of nitrogens with one attached hydrogen (secondary N) is 2. The number of ether oxygens (including phenoxy) is 1. The summed E-state index contributed by atoms with van der Waals surface area (Å²) in [4.78, 5) is 12.4. The van der Waals surface area contributed by atoms with Crippen molar-refractivity contribution in [1.29, 1.82) is 0 Å². The molecule has 28 heavy (non-hydrogen) atoms. The van der Waals surface area contributed by atoms with Crippen molar-refractivity contribution < 1.29 is 17.9 Å². The van der Waals surface area contributed by atoms with Gasteiger partial charge in [0.1, 0.15) is 5.75 Å². The Hall–Kier alpha value is -2.06. The van der Waals surface area contributed by atoms with Gasteiger partial charge in [0.05, 0.1) is 21.7 Å². The second kappa shape index (κ2) is 8.96. The average Bonchev–Trinajstić information content (AvgIpc) is 3.19. The third-order valence-corrected chi connectivity index (χ3v) is 6.62. The lowest BCUT2D eigenvalue weighted by Crippen LogP contribution is -2.20. The number of hydrogen-bond acceptors (Lipinski definition) is 4. The molecule has 1 aliphatic carbocycles. The molecule has 0 unspecified atom stereocenters. The van der Waals surface area contributed by atoms with Gasteiger partial charge in [-0.15, -0.1) is 0 Å². The Morgan fingerprint density at radius 3 is 2.57 bits per heavy atom. The average molecular weight is 467 g/mol. The molecule has 0 radical (unpaired) electrons. The highest BCUT2D eigenvalue weighted by molar-refractivity contribution is 9.10. The molecule has 0 bridgehead atoms. The second-order valence-corrected chi connectivity index (χ2v) is 9.22. The van der Waals surface area contributed by atoms with Crippen LogP contribution in [0, 0.1) is 5.92 Å². The highest BCUT2D eigenvalue weighted by atomic mass is 79.9. The van der Waals surface area contributed by atoms with Crippen LogP contribution >= 0.6 is 15.9 Å². The SMILES string of the molecule is CCOc1ccc(NS(=O)(=O)c2cccc(NC(=O)C3CCCC3)c2)cc1Br. The van der Waals surface area contributed by atoms with Gasteiger partial charge in [0.15, 0.2) is 0 Å². The Balaban J connectivity index is 1.74. The van der Waals surface area contributed by atoms with E-state index in [0.717, 1.165) is 25.7 Å². The summed E-state index contributed by atoms with van der Waals surface area (Å²) >= 11 is 3.38. The van der Waals surface area contributed by atoms with Gasteiger partial charge in [-0.25, -0.2) is 8.42 Å². The molecule has 150 valence electrons. The van der Waals surface area contributed by atoms with Crippen molar-refractivity contribution >= 4 is 43.2 Å². The van der Waals surface area contributed by atoms with Crippen molar-refractivity contribution in [2.24, 2.45) is 5.92 Å². The zero-order chi connectivity index (χ0) is 20.1. The van der Waals surface area contributed by atoms with Crippen LogP contribution in [0.5, 0.6) is 5.75 Å². The molecule has 0 heterocycles. The van der Waals surface area contributed by atoms with Gasteiger partial charge in [0, 0.05) is 11.6 Å². The summed E-state index contributed by atoms with van der Waals surface area (Å²) in [5, 5.41) is 2.84. The van der Waals surface area contributed by atoms with E-state index in [1.165, 1.54) is 12.1 Å². The Morgan fingerprint density at radius 2 is 1.89 bits per heavy atom. The molecule has 3 rings (SSSR count). The van der Waals surface area contributed by atoms with E-state index in [1.807, 2.05) is 6.92 Å². The first-order chi connectivity index (χ1) is 13.4. The van der Waals surface area contributed by atoms with Gasteiger partial charge in [0.25, 0.3) is 10.0 Å². The van der Waals surface area contributed by atoms with Crippen LogP contribution in [0.15, 0.2) is 51.8 Å². The number of hydrogen-bond donors (Lipinski definition) is 2. The van der Waals surface area contributed by atoms with E-state index in [-0.39, 0.29) is 16.7 Å². The summed E-state index contributed by atoms with van der Waals surface area (Å²) < 4.78 is 34.1. The van der Waals surface area contributed by atoms with Gasteiger partial charge < -0.3 is 10.1 Å². The van der Waals surface area contributed by atoms with Crippen molar-refractivity contribution in [2.75, 3.05) is 16.6 Å². The van der Waals surface area contributed by atoms with Crippen LogP contribution in [0.1, 0.15) is 32.6 Å². The van der Waals surface area contributed by atoms with E-state index in [0.29, 0.717) is 28.2 Å². The van der Waals surface area contributed by atoms with E-state index in [4.69, 9.17) is 4.74 Å². The summed E-state index contributed by atoms with van der Waals surface area (Å²) in [6, 6.07) is 11.3. The smallest absolute Gasteiger partial charge is 0.261 e. The van der Waals surface area contributed by atoms with Gasteiger partial charge in [0.2, 0.25) is 5.91 Å². The largest absolute Gasteiger partial charge is 0.493 e. The van der Waals surface area contributed by atoms with E-state index in [2.05, 4.69) is 26.0 Å². The van der Waals surface area contributed by atoms with Crippen molar-refractivity contribution in [3.05, 3.63) is 46.9 Å². The molecule has 1 aliphatic rings. The maximum Gasteiger partial charge on any atom is 0.261 e. The van der Waals surface area contributed by atoms with E-state index in [1.54, 1.807) is 30.3 Å². The fourth-order valence-electron chi connectivity index (χ4n) is 3.22. The molecule has 0 atom stereocenters. The van der Waals surface area contributed by atoms with Crippen LogP contribution < -0.4 is 14.8 Å². The van der Waals surface area contributed by atoms with E-state index >= 15 is 0 Å². The first-order valence-electron chi connectivity index (χ1n) is 9.25. The van der Waals surface area contributed by atoms with E-state index in [9.17, 15) is 13.2 Å². The zero-order valence-electron chi connectivity index (χ0n) is 15.6. The maximum absolute atomic E-state index is 12.7. The summed E-state index contributed by atoms with van der Waals surface area (Å²) in [5.41, 5.74) is 0.892. The molecule has 0 aliphatic heterocycles. The standard InChI is InChI=1S/C20H23BrN2O4S/c1-2-27-19-11-10-16(13-18(19)21)23-28(25,26)17-9-5-8-15(12-17)22-20(24)14-6-3-4-7-14/h5,8-14,23H,2-4,6-7H2,1H3,(H,22,24). The number of anilines is 2. The number of halogens is 1. The lowest BCUT2D eigenvalue weighted by molar-refractivity contribution is -0.119. The first kappa shape index (κ1) is 20.7. The fraction of sp³-hybridized carbons (Fsp3) is 0.350. The van der Waals surface area contributed by atoms with Crippen LogP contribution in [0.25, 0.3) is 0 Å². The molecule has 2 N–H and O–H groups in total. The molecular weight excluding hydrogens is 444 g/mol. The molecular formula is C20H23BrN2O4S. The lowest BCUT2D eigenvalue weighted by Gasteiger charge is -2.13. The minimum absolute atomic E-state index is 0.0135. The van der Waals surface area contributed by atoms with Crippen LogP contribution in [-0.4, -0.2) is 20.9 Å². The number of benzene rings is 2. The Morgan fingerprint density at radius 1 is 1.14 bits per heavy atom. The number of carbonyl (C=O) groups excluding carboxylic acids is 1. The molecule has 0 saturated heterocycles. The predicted octanol–water partition coefficient (Wildman–Crippen LogP) is 4.78. The third kappa shape index (κ3) is 5.05. The molecule has 6 nitrogen and oxygen atoms in total. The zero-order valence-corrected chi connectivity index (χ0v) is 18.0. The van der Waals surface area contributed by atoms with Gasteiger partial charge in [-0.1, -0.05) is 18.9 Å². The molecule has 1 fully saturated rings. The molecule has 1 saturated carbocycles. The van der Waals surface area contributed by atoms with Crippen LogP contribution in [0.2, 0.25) is 0 Å². The summed E-state index contributed by atoms with van der Waals surface area (Å²) in [6.07, 6.45) is 3.90. The van der Waals surface area contributed by atoms with Gasteiger partial charge in [-0.3, -0.25) is 9.52 Å². The highest BCUT2D eigenvalue weighted by Crippen LogP contribution is 2.30. The van der Waals surface area contributed by atoms with Crippen molar-refractivity contribution in [2.45, 2.75) is 37.5 Å². The second-order valence-electron chi connectivity index (χ2n) is 6.68. The summed E-state index contributed by atoms with van der Waals surface area (Å²) in [5.74, 6) is 0.608. The minimum atomic E-state index is -3.80. The molecule has 2 aromatic carbocycles. The minimum Gasteiger partial charge on any atom is -0.493 e. The van der Waals surface area contributed by atoms with Crippen molar-refractivity contribution in [3.63, 3.8) is 0 Å².